The zero-order valence-electron chi connectivity index (χ0n) is 13.5. The molecule has 0 fully saturated rings. The van der Waals surface area contributed by atoms with Crippen LogP contribution in [0.3, 0.4) is 0 Å². The number of benzene rings is 1. The molecule has 2 aliphatic heterocycles. The van der Waals surface area contributed by atoms with E-state index in [0.29, 0.717) is 35.7 Å². The topological polar surface area (TPSA) is 71.1 Å². The molecule has 2 heterocycles. The van der Waals surface area contributed by atoms with Crippen LogP contribution in [-0.4, -0.2) is 32.3 Å². The number of carbonyl (C=O) groups excluding carboxylic acids is 2. The number of esters is 1. The van der Waals surface area contributed by atoms with Gasteiger partial charge in [0.2, 0.25) is 0 Å². The van der Waals surface area contributed by atoms with Gasteiger partial charge in [0.1, 0.15) is 23.2 Å². The molecule has 0 spiro atoms. The molecule has 0 amide bonds. The van der Waals surface area contributed by atoms with E-state index >= 15 is 0 Å². The summed E-state index contributed by atoms with van der Waals surface area (Å²) >= 11 is 0. The van der Waals surface area contributed by atoms with Gasteiger partial charge in [0, 0.05) is 29.9 Å². The van der Waals surface area contributed by atoms with Gasteiger partial charge in [-0.15, -0.1) is 0 Å². The van der Waals surface area contributed by atoms with Crippen molar-refractivity contribution in [3.05, 3.63) is 35.1 Å². The van der Waals surface area contributed by atoms with Gasteiger partial charge in [-0.3, -0.25) is 9.59 Å². The number of hydrogen-bond acceptors (Lipinski definition) is 6. The third-order valence-corrected chi connectivity index (χ3v) is 4.90. The van der Waals surface area contributed by atoms with Gasteiger partial charge >= 0.3 is 5.97 Å². The van der Waals surface area contributed by atoms with E-state index in [9.17, 15) is 9.59 Å². The molecule has 1 unspecified atom stereocenters. The van der Waals surface area contributed by atoms with Crippen LogP contribution in [0.5, 0.6) is 11.5 Å². The molecule has 3 atom stereocenters. The summed E-state index contributed by atoms with van der Waals surface area (Å²) in [6.45, 7) is 0. The smallest absolute Gasteiger partial charge is 0.317 e. The number of Topliss-reactive ketones (excluding diaryl/α,β-unsaturated/α-hetero) is 1. The average molecular weight is 330 g/mol. The molecule has 0 aromatic heterocycles. The number of rotatable bonds is 2. The molecule has 0 saturated carbocycles. The number of ether oxygens (including phenoxy) is 4. The maximum atomic E-state index is 12.6. The van der Waals surface area contributed by atoms with Crippen LogP contribution >= 0.6 is 0 Å². The van der Waals surface area contributed by atoms with Crippen LogP contribution in [0.2, 0.25) is 0 Å². The van der Waals surface area contributed by atoms with Crippen LogP contribution in [0.25, 0.3) is 0 Å². The number of allylic oxidation sites excluding steroid dienone is 2. The monoisotopic (exact) mass is 330 g/mol. The highest BCUT2D eigenvalue weighted by molar-refractivity contribution is 5.99. The van der Waals surface area contributed by atoms with Crippen molar-refractivity contribution in [2.24, 2.45) is 5.92 Å². The molecule has 0 N–H and O–H groups in total. The van der Waals surface area contributed by atoms with Crippen LogP contribution in [0.4, 0.5) is 0 Å². The quantitative estimate of drug-likeness (QED) is 0.775. The molecule has 2 bridgehead atoms. The second-order valence-electron chi connectivity index (χ2n) is 6.15. The molecule has 126 valence electrons. The zero-order valence-corrected chi connectivity index (χ0v) is 13.5. The predicted molar refractivity (Wildman–Crippen MR) is 82.6 cm³/mol. The number of carbonyl (C=O) groups is 2. The molecule has 0 radical (unpaired) electrons. The molecule has 1 aromatic carbocycles. The Morgan fingerprint density at radius 1 is 1.21 bits per heavy atom. The Bertz CT molecular complexity index is 750. The minimum absolute atomic E-state index is 0.0317. The standard InChI is InChI=1S/C18H18O6/c1-21-9-6-7-12-10(8-9)14-15-11(19)4-3-5-13(15)24-18(23-12)16(14)17(20)22-2/h6-8,14,16,18H,3-5H2,1-2H3/t14-,16?,18+/m0/s1. The maximum Gasteiger partial charge on any atom is 0.317 e. The van der Waals surface area contributed by atoms with Crippen LogP contribution in [0, 0.1) is 5.92 Å². The lowest BCUT2D eigenvalue weighted by Gasteiger charge is -2.44. The SMILES string of the molecule is COC(=O)C1[C@H]2OC3=C(C(=O)CCC3)[C@@H]1c1cc(OC)ccc1O2. The molecule has 4 rings (SSSR count). The van der Waals surface area contributed by atoms with E-state index in [0.717, 1.165) is 12.0 Å². The molecule has 1 aromatic rings. The number of methoxy groups -OCH3 is 2. The summed E-state index contributed by atoms with van der Waals surface area (Å²) in [5.41, 5.74) is 1.36. The zero-order chi connectivity index (χ0) is 16.8. The molecule has 3 aliphatic rings. The van der Waals surface area contributed by atoms with Crippen LogP contribution in [0.1, 0.15) is 30.7 Å². The van der Waals surface area contributed by atoms with Gasteiger partial charge < -0.3 is 18.9 Å². The second kappa shape index (κ2) is 5.54. The Labute approximate surface area is 139 Å². The van der Waals surface area contributed by atoms with Gasteiger partial charge in [0.15, 0.2) is 5.78 Å². The van der Waals surface area contributed by atoms with Crippen molar-refractivity contribution in [2.45, 2.75) is 31.5 Å². The van der Waals surface area contributed by atoms with E-state index in [4.69, 9.17) is 18.9 Å². The fourth-order valence-electron chi connectivity index (χ4n) is 3.81. The van der Waals surface area contributed by atoms with Gasteiger partial charge in [-0.2, -0.15) is 0 Å². The molecule has 24 heavy (non-hydrogen) atoms. The molecular weight excluding hydrogens is 312 g/mol. The first-order valence-corrected chi connectivity index (χ1v) is 7.99. The largest absolute Gasteiger partial charge is 0.497 e. The molecule has 1 aliphatic carbocycles. The predicted octanol–water partition coefficient (Wildman–Crippen LogP) is 2.32. The van der Waals surface area contributed by atoms with E-state index in [2.05, 4.69) is 0 Å². The minimum atomic E-state index is -0.770. The number of hydrogen-bond donors (Lipinski definition) is 0. The van der Waals surface area contributed by atoms with Crippen molar-refractivity contribution in [1.29, 1.82) is 0 Å². The Balaban J connectivity index is 1.92. The van der Waals surface area contributed by atoms with Crippen LogP contribution in [0.15, 0.2) is 29.5 Å². The summed E-state index contributed by atoms with van der Waals surface area (Å²) < 4.78 is 22.0. The van der Waals surface area contributed by atoms with Crippen molar-refractivity contribution in [1.82, 2.24) is 0 Å². The van der Waals surface area contributed by atoms with Crippen molar-refractivity contribution in [3.8, 4) is 11.5 Å². The van der Waals surface area contributed by atoms with Crippen molar-refractivity contribution in [2.75, 3.05) is 14.2 Å². The van der Waals surface area contributed by atoms with Crippen molar-refractivity contribution >= 4 is 11.8 Å². The molecular formula is C18H18O6. The summed E-state index contributed by atoms with van der Waals surface area (Å²) in [6, 6.07) is 5.39. The summed E-state index contributed by atoms with van der Waals surface area (Å²) in [7, 11) is 2.91. The van der Waals surface area contributed by atoms with Crippen LogP contribution < -0.4 is 9.47 Å². The Hall–Kier alpha value is -2.50. The first kappa shape index (κ1) is 15.1. The van der Waals surface area contributed by atoms with Gasteiger partial charge in [-0.25, -0.2) is 0 Å². The highest BCUT2D eigenvalue weighted by Gasteiger charge is 2.53. The normalized spacial score (nSPS) is 27.4. The number of ketones is 1. The molecule has 6 heteroatoms. The summed E-state index contributed by atoms with van der Waals surface area (Å²) in [5, 5.41) is 0. The molecule has 0 saturated heterocycles. The Morgan fingerprint density at radius 2 is 2.04 bits per heavy atom. The van der Waals surface area contributed by atoms with E-state index < -0.39 is 24.1 Å². The van der Waals surface area contributed by atoms with E-state index in [1.165, 1.54) is 7.11 Å². The third-order valence-electron chi connectivity index (χ3n) is 4.90. The Morgan fingerprint density at radius 3 is 2.79 bits per heavy atom. The van der Waals surface area contributed by atoms with Crippen molar-refractivity contribution < 1.29 is 28.5 Å². The lowest BCUT2D eigenvalue weighted by Crippen LogP contribution is -2.48. The Kier molecular flexibility index (Phi) is 3.48. The van der Waals surface area contributed by atoms with Crippen LogP contribution in [-0.2, 0) is 19.1 Å². The van der Waals surface area contributed by atoms with Gasteiger partial charge in [-0.1, -0.05) is 0 Å². The third kappa shape index (κ3) is 2.09. The highest BCUT2D eigenvalue weighted by Crippen LogP contribution is 2.52. The fourth-order valence-corrected chi connectivity index (χ4v) is 3.81. The first-order chi connectivity index (χ1) is 11.6. The van der Waals surface area contributed by atoms with Gasteiger partial charge in [0.05, 0.1) is 14.2 Å². The minimum Gasteiger partial charge on any atom is -0.497 e. The second-order valence-corrected chi connectivity index (χ2v) is 6.15. The van der Waals surface area contributed by atoms with E-state index in [1.807, 2.05) is 6.07 Å². The average Bonchev–Trinajstić information content (AvgIpc) is 2.60. The lowest BCUT2D eigenvalue weighted by molar-refractivity contribution is -0.170. The number of fused-ring (bicyclic) bond motifs is 5. The van der Waals surface area contributed by atoms with E-state index in [1.54, 1.807) is 19.2 Å². The lowest BCUT2D eigenvalue weighted by atomic mass is 9.72. The van der Waals surface area contributed by atoms with Crippen molar-refractivity contribution in [3.63, 3.8) is 0 Å². The molecule has 6 nitrogen and oxygen atoms in total. The summed E-state index contributed by atoms with van der Waals surface area (Å²) in [5.74, 6) is 0.378. The van der Waals surface area contributed by atoms with Gasteiger partial charge in [0.25, 0.3) is 6.29 Å². The fraction of sp³-hybridized carbons (Fsp3) is 0.444. The maximum absolute atomic E-state index is 12.6. The van der Waals surface area contributed by atoms with Gasteiger partial charge in [-0.05, 0) is 24.6 Å². The van der Waals surface area contributed by atoms with E-state index in [-0.39, 0.29) is 5.78 Å². The first-order valence-electron chi connectivity index (χ1n) is 7.99. The summed E-state index contributed by atoms with van der Waals surface area (Å²) in [6.07, 6.45) is 1.14. The highest BCUT2D eigenvalue weighted by atomic mass is 16.7. The summed E-state index contributed by atoms with van der Waals surface area (Å²) in [4.78, 5) is 25.0.